The number of nitrogens with one attached hydrogen (secondary N) is 2. The molecule has 1 aromatic rings. The van der Waals surface area contributed by atoms with E-state index in [9.17, 15) is 14.4 Å². The van der Waals surface area contributed by atoms with E-state index in [4.69, 9.17) is 0 Å². The summed E-state index contributed by atoms with van der Waals surface area (Å²) >= 11 is 0. The summed E-state index contributed by atoms with van der Waals surface area (Å²) in [5, 5.41) is 4.74. The number of hydrogen-bond acceptors (Lipinski definition) is 4. The van der Waals surface area contributed by atoms with E-state index in [1.807, 2.05) is 13.8 Å². The maximum absolute atomic E-state index is 11.7. The van der Waals surface area contributed by atoms with Gasteiger partial charge in [0.05, 0.1) is 5.56 Å². The zero-order valence-electron chi connectivity index (χ0n) is 11.0. The third-order valence-corrected chi connectivity index (χ3v) is 2.47. The minimum Gasteiger partial charge on any atom is -0.340 e. The summed E-state index contributed by atoms with van der Waals surface area (Å²) in [6, 6.07) is 2.59. The maximum Gasteiger partial charge on any atom is 0.253 e. The molecule has 6 heteroatoms. The molecule has 19 heavy (non-hydrogen) atoms. The Labute approximate surface area is 111 Å². The highest BCUT2D eigenvalue weighted by molar-refractivity contribution is 6.03. The Hall–Kier alpha value is -2.24. The second-order valence-electron chi connectivity index (χ2n) is 3.72. The molecule has 0 bridgehead atoms. The van der Waals surface area contributed by atoms with Crippen LogP contribution < -0.4 is 10.6 Å². The van der Waals surface area contributed by atoms with Gasteiger partial charge in [0.25, 0.3) is 5.91 Å². The van der Waals surface area contributed by atoms with E-state index in [-0.39, 0.29) is 18.2 Å². The molecule has 2 N–H and O–H groups in total. The van der Waals surface area contributed by atoms with Gasteiger partial charge in [-0.25, -0.2) is 0 Å². The van der Waals surface area contributed by atoms with Crippen molar-refractivity contribution in [1.82, 2.24) is 15.6 Å². The first-order chi connectivity index (χ1) is 9.16. The Morgan fingerprint density at radius 2 is 2.16 bits per heavy atom. The number of amides is 3. The molecular formula is C13H17N3O3. The van der Waals surface area contributed by atoms with Gasteiger partial charge in [-0.15, -0.1) is 0 Å². The summed E-state index contributed by atoms with van der Waals surface area (Å²) < 4.78 is 0. The SMILES string of the molecule is CC.O=C1CCC(NC(=O)c2cccnc2)C(=O)N1. The quantitative estimate of drug-likeness (QED) is 0.766. The van der Waals surface area contributed by atoms with Gasteiger partial charge in [0, 0.05) is 18.8 Å². The molecule has 1 aromatic heterocycles. The van der Waals surface area contributed by atoms with Crippen LogP contribution in [0.25, 0.3) is 0 Å². The van der Waals surface area contributed by atoms with E-state index in [1.54, 1.807) is 18.3 Å². The zero-order valence-corrected chi connectivity index (χ0v) is 11.0. The van der Waals surface area contributed by atoms with Crippen molar-refractivity contribution in [3.63, 3.8) is 0 Å². The predicted octanol–water partition coefficient (Wildman–Crippen LogP) is 0.643. The van der Waals surface area contributed by atoms with Gasteiger partial charge in [0.2, 0.25) is 11.8 Å². The minimum atomic E-state index is -0.652. The van der Waals surface area contributed by atoms with E-state index in [1.165, 1.54) is 6.20 Å². The van der Waals surface area contributed by atoms with E-state index in [2.05, 4.69) is 15.6 Å². The third-order valence-electron chi connectivity index (χ3n) is 2.47. The van der Waals surface area contributed by atoms with Crippen LogP contribution in [0.2, 0.25) is 0 Å². The molecule has 0 aliphatic carbocycles. The second-order valence-corrected chi connectivity index (χ2v) is 3.72. The molecule has 2 rings (SSSR count). The van der Waals surface area contributed by atoms with Crippen LogP contribution in [-0.2, 0) is 9.59 Å². The number of nitrogens with zero attached hydrogens (tertiary/aromatic N) is 1. The molecule has 1 saturated heterocycles. The lowest BCUT2D eigenvalue weighted by Gasteiger charge is -2.21. The first-order valence-corrected chi connectivity index (χ1v) is 6.21. The number of pyridine rings is 1. The van der Waals surface area contributed by atoms with Gasteiger partial charge < -0.3 is 5.32 Å². The minimum absolute atomic E-state index is 0.240. The fraction of sp³-hybridized carbons (Fsp3) is 0.385. The molecule has 2 heterocycles. The lowest BCUT2D eigenvalue weighted by molar-refractivity contribution is -0.134. The average molecular weight is 263 g/mol. The van der Waals surface area contributed by atoms with E-state index in [0.717, 1.165) is 0 Å². The summed E-state index contributed by atoms with van der Waals surface area (Å²) in [4.78, 5) is 37.9. The van der Waals surface area contributed by atoms with E-state index >= 15 is 0 Å². The standard InChI is InChI=1S/C11H11N3O3.C2H6/c15-9-4-3-8(11(17)14-9)13-10(16)7-2-1-5-12-6-7;1-2/h1-2,5-6,8H,3-4H2,(H,13,16)(H,14,15,17);1-2H3. The fourth-order valence-corrected chi connectivity index (χ4v) is 1.57. The van der Waals surface area contributed by atoms with Gasteiger partial charge in [0.15, 0.2) is 0 Å². The number of aromatic nitrogens is 1. The van der Waals surface area contributed by atoms with Crippen molar-refractivity contribution in [1.29, 1.82) is 0 Å². The Balaban J connectivity index is 0.000000861. The summed E-state index contributed by atoms with van der Waals surface area (Å²) in [6.45, 7) is 4.00. The van der Waals surface area contributed by atoms with Crippen molar-refractivity contribution in [2.75, 3.05) is 0 Å². The Morgan fingerprint density at radius 3 is 2.74 bits per heavy atom. The van der Waals surface area contributed by atoms with Gasteiger partial charge in [-0.3, -0.25) is 24.7 Å². The predicted molar refractivity (Wildman–Crippen MR) is 69.2 cm³/mol. The van der Waals surface area contributed by atoms with Crippen LogP contribution in [-0.4, -0.2) is 28.7 Å². The van der Waals surface area contributed by atoms with E-state index in [0.29, 0.717) is 12.0 Å². The lowest BCUT2D eigenvalue weighted by atomic mass is 10.1. The third kappa shape index (κ3) is 4.17. The van der Waals surface area contributed by atoms with Crippen molar-refractivity contribution in [2.24, 2.45) is 0 Å². The molecule has 3 amide bonds. The number of carbonyl (C=O) groups excluding carboxylic acids is 3. The van der Waals surface area contributed by atoms with Crippen LogP contribution in [0.1, 0.15) is 37.0 Å². The molecule has 1 atom stereocenters. The van der Waals surface area contributed by atoms with Gasteiger partial charge in [-0.2, -0.15) is 0 Å². The van der Waals surface area contributed by atoms with Crippen molar-refractivity contribution >= 4 is 17.7 Å². The molecule has 1 aliphatic heterocycles. The molecule has 102 valence electrons. The van der Waals surface area contributed by atoms with Crippen molar-refractivity contribution in [3.8, 4) is 0 Å². The molecule has 1 unspecified atom stereocenters. The van der Waals surface area contributed by atoms with Crippen LogP contribution in [0.15, 0.2) is 24.5 Å². The first-order valence-electron chi connectivity index (χ1n) is 6.21. The molecule has 0 radical (unpaired) electrons. The molecule has 1 aliphatic rings. The Bertz CT molecular complexity index is 459. The van der Waals surface area contributed by atoms with Crippen LogP contribution in [0.5, 0.6) is 0 Å². The van der Waals surface area contributed by atoms with Crippen molar-refractivity contribution in [2.45, 2.75) is 32.7 Å². The number of rotatable bonds is 2. The first kappa shape index (κ1) is 14.8. The summed E-state index contributed by atoms with van der Waals surface area (Å²) in [5.74, 6) is -1.13. The summed E-state index contributed by atoms with van der Waals surface area (Å²) in [6.07, 6.45) is 3.55. The normalized spacial score (nSPS) is 17.9. The molecule has 0 aromatic carbocycles. The molecule has 1 fully saturated rings. The summed E-state index contributed by atoms with van der Waals surface area (Å²) in [7, 11) is 0. The monoisotopic (exact) mass is 263 g/mol. The molecule has 0 spiro atoms. The van der Waals surface area contributed by atoms with Gasteiger partial charge in [-0.1, -0.05) is 13.8 Å². The number of imide groups is 1. The molecule has 0 saturated carbocycles. The van der Waals surface area contributed by atoms with Crippen LogP contribution in [0, 0.1) is 0 Å². The Kier molecular flexibility index (Phi) is 5.66. The fourth-order valence-electron chi connectivity index (χ4n) is 1.57. The van der Waals surface area contributed by atoms with E-state index < -0.39 is 11.9 Å². The van der Waals surface area contributed by atoms with Gasteiger partial charge in [0.1, 0.15) is 6.04 Å². The smallest absolute Gasteiger partial charge is 0.253 e. The molecule has 6 nitrogen and oxygen atoms in total. The van der Waals surface area contributed by atoms with Crippen LogP contribution in [0.4, 0.5) is 0 Å². The Morgan fingerprint density at radius 1 is 1.42 bits per heavy atom. The van der Waals surface area contributed by atoms with Crippen molar-refractivity contribution < 1.29 is 14.4 Å². The molecular weight excluding hydrogens is 246 g/mol. The average Bonchev–Trinajstić information content (AvgIpc) is 2.45. The number of piperidine rings is 1. The largest absolute Gasteiger partial charge is 0.340 e. The van der Waals surface area contributed by atoms with Crippen LogP contribution >= 0.6 is 0 Å². The number of hydrogen-bond donors (Lipinski definition) is 2. The maximum atomic E-state index is 11.7. The highest BCUT2D eigenvalue weighted by Gasteiger charge is 2.27. The number of carbonyl (C=O) groups is 3. The second kappa shape index (κ2) is 7.25. The highest BCUT2D eigenvalue weighted by Crippen LogP contribution is 2.05. The zero-order chi connectivity index (χ0) is 14.3. The lowest BCUT2D eigenvalue weighted by Crippen LogP contribution is -2.52. The van der Waals surface area contributed by atoms with Gasteiger partial charge >= 0.3 is 0 Å². The van der Waals surface area contributed by atoms with Gasteiger partial charge in [-0.05, 0) is 18.6 Å². The van der Waals surface area contributed by atoms with Crippen molar-refractivity contribution in [3.05, 3.63) is 30.1 Å². The highest BCUT2D eigenvalue weighted by atomic mass is 16.2. The summed E-state index contributed by atoms with van der Waals surface area (Å²) in [5.41, 5.74) is 0.386. The topological polar surface area (TPSA) is 88.2 Å². The van der Waals surface area contributed by atoms with Crippen LogP contribution in [0.3, 0.4) is 0 Å².